The number of hydrogen-bond acceptors (Lipinski definition) is 2. The number of hydrogen-bond donors (Lipinski definition) is 1. The van der Waals surface area contributed by atoms with Crippen LogP contribution in [0.3, 0.4) is 0 Å². The zero-order valence-electron chi connectivity index (χ0n) is 13.1. The molecule has 0 rings (SSSR count). The summed E-state index contributed by atoms with van der Waals surface area (Å²) < 4.78 is 0. The van der Waals surface area contributed by atoms with Gasteiger partial charge in [0.25, 0.3) is 0 Å². The fourth-order valence-corrected chi connectivity index (χ4v) is 2.20. The Morgan fingerprint density at radius 2 is 1.24 bits per heavy atom. The minimum Gasteiger partial charge on any atom is -0.314 e. The Morgan fingerprint density at radius 1 is 0.765 bits per heavy atom. The zero-order valence-corrected chi connectivity index (χ0v) is 13.1. The van der Waals surface area contributed by atoms with Crippen LogP contribution in [0.4, 0.5) is 0 Å². The van der Waals surface area contributed by atoms with Crippen molar-refractivity contribution in [2.24, 2.45) is 17.8 Å². The minimum absolute atomic E-state index is 0.598. The van der Waals surface area contributed by atoms with Crippen molar-refractivity contribution in [2.75, 3.05) is 26.2 Å². The lowest BCUT2D eigenvalue weighted by molar-refractivity contribution is 0.190. The van der Waals surface area contributed by atoms with E-state index < -0.39 is 0 Å². The minimum atomic E-state index is 0.598. The van der Waals surface area contributed by atoms with Gasteiger partial charge in [-0.1, -0.05) is 48.5 Å². The molecule has 0 aliphatic carbocycles. The van der Waals surface area contributed by atoms with Crippen molar-refractivity contribution in [2.45, 2.75) is 54.5 Å². The largest absolute Gasteiger partial charge is 0.314 e. The molecule has 1 unspecified atom stereocenters. The van der Waals surface area contributed by atoms with Crippen LogP contribution >= 0.6 is 0 Å². The molecule has 0 aromatic carbocycles. The third kappa shape index (κ3) is 10.8. The van der Waals surface area contributed by atoms with Crippen LogP contribution in [0.15, 0.2) is 0 Å². The van der Waals surface area contributed by atoms with Crippen LogP contribution in [-0.2, 0) is 0 Å². The summed E-state index contributed by atoms with van der Waals surface area (Å²) in [4.78, 5) is 2.63. The third-order valence-electron chi connectivity index (χ3n) is 2.69. The number of nitrogens with zero attached hydrogens (tertiary/aromatic N) is 1. The maximum absolute atomic E-state index is 3.53. The van der Waals surface area contributed by atoms with Crippen LogP contribution in [0, 0.1) is 17.8 Å². The fraction of sp³-hybridized carbons (Fsp3) is 1.00. The van der Waals surface area contributed by atoms with Gasteiger partial charge in [0.15, 0.2) is 0 Å². The van der Waals surface area contributed by atoms with Gasteiger partial charge in [0.05, 0.1) is 0 Å². The van der Waals surface area contributed by atoms with Crippen molar-refractivity contribution < 1.29 is 0 Å². The summed E-state index contributed by atoms with van der Waals surface area (Å²) >= 11 is 0. The van der Waals surface area contributed by atoms with Crippen LogP contribution in [0.5, 0.6) is 0 Å². The molecule has 0 saturated carbocycles. The van der Waals surface area contributed by atoms with Crippen molar-refractivity contribution in [3.05, 3.63) is 0 Å². The molecule has 0 spiro atoms. The van der Waals surface area contributed by atoms with Crippen molar-refractivity contribution in [3.63, 3.8) is 0 Å². The standard InChI is InChI=1S/C15H34N2/c1-12(2)9-17(10-13(3)4)11-15(7)8-16-14(5)6/h12-16H,8-11H2,1-7H3. The number of nitrogens with one attached hydrogen (secondary N) is 1. The predicted octanol–water partition coefficient (Wildman–Crippen LogP) is 3.23. The maximum atomic E-state index is 3.53. The first-order valence-corrected chi connectivity index (χ1v) is 7.27. The van der Waals surface area contributed by atoms with Gasteiger partial charge in [0, 0.05) is 25.7 Å². The van der Waals surface area contributed by atoms with E-state index in [1.165, 1.54) is 19.6 Å². The highest BCUT2D eigenvalue weighted by molar-refractivity contribution is 4.68. The molecule has 0 saturated heterocycles. The molecule has 0 aromatic rings. The van der Waals surface area contributed by atoms with E-state index in [1.807, 2.05) is 0 Å². The lowest BCUT2D eigenvalue weighted by Crippen LogP contribution is -2.38. The van der Waals surface area contributed by atoms with Crippen LogP contribution in [-0.4, -0.2) is 37.1 Å². The second-order valence-electron chi connectivity index (χ2n) is 6.67. The predicted molar refractivity (Wildman–Crippen MR) is 78.4 cm³/mol. The molecule has 1 N–H and O–H groups in total. The molecule has 0 fully saturated rings. The molecule has 1 atom stereocenters. The van der Waals surface area contributed by atoms with Gasteiger partial charge in [-0.3, -0.25) is 0 Å². The second kappa shape index (κ2) is 8.93. The quantitative estimate of drug-likeness (QED) is 0.668. The first kappa shape index (κ1) is 16.9. The topological polar surface area (TPSA) is 15.3 Å². The van der Waals surface area contributed by atoms with Crippen LogP contribution < -0.4 is 5.32 Å². The van der Waals surface area contributed by atoms with E-state index in [-0.39, 0.29) is 0 Å². The van der Waals surface area contributed by atoms with E-state index in [2.05, 4.69) is 58.7 Å². The van der Waals surface area contributed by atoms with Crippen molar-refractivity contribution in [1.29, 1.82) is 0 Å². The molecular formula is C15H34N2. The van der Waals surface area contributed by atoms with Gasteiger partial charge in [0.2, 0.25) is 0 Å². The van der Waals surface area contributed by atoms with E-state index in [4.69, 9.17) is 0 Å². The summed E-state index contributed by atoms with van der Waals surface area (Å²) in [6, 6.07) is 0.598. The summed E-state index contributed by atoms with van der Waals surface area (Å²) in [5.41, 5.74) is 0. The Bertz CT molecular complexity index is 166. The van der Waals surface area contributed by atoms with Gasteiger partial charge in [0.1, 0.15) is 0 Å². The van der Waals surface area contributed by atoms with Crippen LogP contribution in [0.1, 0.15) is 48.5 Å². The molecular weight excluding hydrogens is 208 g/mol. The Hall–Kier alpha value is -0.0800. The lowest BCUT2D eigenvalue weighted by atomic mass is 10.1. The highest BCUT2D eigenvalue weighted by atomic mass is 15.1. The third-order valence-corrected chi connectivity index (χ3v) is 2.69. The van der Waals surface area contributed by atoms with E-state index in [0.717, 1.165) is 24.3 Å². The zero-order chi connectivity index (χ0) is 13.4. The molecule has 2 nitrogen and oxygen atoms in total. The number of rotatable bonds is 9. The Balaban J connectivity index is 4.03. The normalized spacial score (nSPS) is 14.3. The Labute approximate surface area is 109 Å². The summed E-state index contributed by atoms with van der Waals surface area (Å²) in [5.74, 6) is 2.26. The van der Waals surface area contributed by atoms with Gasteiger partial charge >= 0.3 is 0 Å². The molecule has 0 amide bonds. The van der Waals surface area contributed by atoms with Crippen LogP contribution in [0.25, 0.3) is 0 Å². The van der Waals surface area contributed by atoms with E-state index in [9.17, 15) is 0 Å². The SMILES string of the molecule is CC(C)CN(CC(C)C)CC(C)CNC(C)C. The van der Waals surface area contributed by atoms with Gasteiger partial charge in [-0.25, -0.2) is 0 Å². The maximum Gasteiger partial charge on any atom is 0.00194 e. The summed E-state index contributed by atoms with van der Waals surface area (Å²) in [6.45, 7) is 20.8. The molecule has 0 heterocycles. The van der Waals surface area contributed by atoms with E-state index in [1.54, 1.807) is 0 Å². The average molecular weight is 242 g/mol. The monoisotopic (exact) mass is 242 g/mol. The first-order chi connectivity index (χ1) is 7.81. The molecule has 0 aromatic heterocycles. The highest BCUT2D eigenvalue weighted by Crippen LogP contribution is 2.07. The second-order valence-corrected chi connectivity index (χ2v) is 6.67. The molecule has 0 aliphatic heterocycles. The Morgan fingerprint density at radius 3 is 1.59 bits per heavy atom. The van der Waals surface area contributed by atoms with Gasteiger partial charge in [-0.05, 0) is 24.3 Å². The first-order valence-electron chi connectivity index (χ1n) is 7.27. The molecule has 0 radical (unpaired) electrons. The van der Waals surface area contributed by atoms with E-state index in [0.29, 0.717) is 6.04 Å². The fourth-order valence-electron chi connectivity index (χ4n) is 2.20. The average Bonchev–Trinajstić information content (AvgIpc) is 2.12. The highest BCUT2D eigenvalue weighted by Gasteiger charge is 2.13. The molecule has 17 heavy (non-hydrogen) atoms. The van der Waals surface area contributed by atoms with Crippen molar-refractivity contribution in [1.82, 2.24) is 10.2 Å². The van der Waals surface area contributed by atoms with Crippen molar-refractivity contribution in [3.8, 4) is 0 Å². The molecule has 0 aliphatic rings. The smallest absolute Gasteiger partial charge is 0.00194 e. The van der Waals surface area contributed by atoms with Gasteiger partial charge in [-0.15, -0.1) is 0 Å². The van der Waals surface area contributed by atoms with Crippen LogP contribution in [0.2, 0.25) is 0 Å². The summed E-state index contributed by atoms with van der Waals surface area (Å²) in [6.07, 6.45) is 0. The summed E-state index contributed by atoms with van der Waals surface area (Å²) in [5, 5.41) is 3.53. The Kier molecular flexibility index (Phi) is 8.89. The molecule has 2 heteroatoms. The summed E-state index contributed by atoms with van der Waals surface area (Å²) in [7, 11) is 0. The molecule has 0 bridgehead atoms. The lowest BCUT2D eigenvalue weighted by Gasteiger charge is -2.29. The van der Waals surface area contributed by atoms with Gasteiger partial charge in [-0.2, -0.15) is 0 Å². The van der Waals surface area contributed by atoms with E-state index >= 15 is 0 Å². The van der Waals surface area contributed by atoms with Gasteiger partial charge < -0.3 is 10.2 Å². The molecule has 104 valence electrons. The van der Waals surface area contributed by atoms with Crippen molar-refractivity contribution >= 4 is 0 Å².